The van der Waals surface area contributed by atoms with E-state index in [1.807, 2.05) is 6.08 Å². The Kier molecular flexibility index (Phi) is 32.4. The summed E-state index contributed by atoms with van der Waals surface area (Å²) in [6.07, 6.45) is 28.7. The number of unbranched alkanes of at least 4 members (excludes halogenated alkanes) is 18. The van der Waals surface area contributed by atoms with E-state index >= 15 is 0 Å². The van der Waals surface area contributed by atoms with E-state index in [1.165, 1.54) is 83.5 Å². The lowest BCUT2D eigenvalue weighted by Crippen LogP contribution is -2.28. The zero-order valence-electron chi connectivity index (χ0n) is 30.2. The first-order chi connectivity index (χ1) is 22.3. The van der Waals surface area contributed by atoms with Gasteiger partial charge in [0.25, 0.3) is 0 Å². The molecule has 0 aromatic rings. The minimum absolute atomic E-state index is 0.118. The molecule has 0 unspecified atom stereocenters. The maximum absolute atomic E-state index is 12.2. The predicted octanol–water partition coefficient (Wildman–Crippen LogP) is 9.53. The molecule has 0 radical (unpaired) electrons. The third-order valence-corrected chi connectivity index (χ3v) is 8.69. The number of allylic oxidation sites excluding steroid dienone is 1. The molecule has 0 aromatic heterocycles. The second-order valence-corrected chi connectivity index (χ2v) is 13.8. The van der Waals surface area contributed by atoms with E-state index in [1.54, 1.807) is 0 Å². The molecule has 7 nitrogen and oxygen atoms in total. The number of ether oxygens (including phenoxy) is 2. The van der Waals surface area contributed by atoms with Gasteiger partial charge in [0.2, 0.25) is 0 Å². The van der Waals surface area contributed by atoms with Crippen LogP contribution in [0.5, 0.6) is 0 Å². The highest BCUT2D eigenvalue weighted by molar-refractivity contribution is 5.70. The van der Waals surface area contributed by atoms with Crippen LogP contribution < -0.4 is 0 Å². The van der Waals surface area contributed by atoms with Crippen LogP contribution in [-0.4, -0.2) is 58.8 Å². The molecule has 0 saturated heterocycles. The van der Waals surface area contributed by atoms with Crippen molar-refractivity contribution in [3.05, 3.63) is 12.2 Å². The van der Waals surface area contributed by atoms with E-state index in [9.17, 15) is 24.9 Å². The monoisotopic (exact) mass is 655 g/mol. The van der Waals surface area contributed by atoms with Crippen molar-refractivity contribution in [2.24, 2.45) is 5.92 Å². The van der Waals surface area contributed by atoms with Crippen LogP contribution in [0.25, 0.3) is 0 Å². The number of carbonyl (C=O) groups excluding carboxylic acids is 2. The van der Waals surface area contributed by atoms with Crippen molar-refractivity contribution < 1.29 is 34.4 Å². The molecule has 7 heteroatoms. The molecule has 0 amide bonds. The molecule has 272 valence electrons. The first-order valence-electron chi connectivity index (χ1n) is 19.3. The number of hydrogen-bond donors (Lipinski definition) is 3. The molecule has 0 bridgehead atoms. The van der Waals surface area contributed by atoms with Crippen LogP contribution in [0.1, 0.15) is 188 Å². The van der Waals surface area contributed by atoms with Crippen molar-refractivity contribution in [3.8, 4) is 0 Å². The van der Waals surface area contributed by atoms with Crippen molar-refractivity contribution in [2.45, 2.75) is 206 Å². The SMILES string of the molecule is CCCCC/C=C\C[C@@H](O)[C@H](O)CCCCCCCC(=O)OC[C@H](CO)OC(=O)CCCCCCCCCCCCCCC(C)C. The van der Waals surface area contributed by atoms with E-state index in [0.717, 1.165) is 57.3 Å². The molecule has 0 aliphatic rings. The summed E-state index contributed by atoms with van der Waals surface area (Å²) in [4.78, 5) is 24.2. The van der Waals surface area contributed by atoms with Gasteiger partial charge in [-0.3, -0.25) is 9.59 Å². The summed E-state index contributed by atoms with van der Waals surface area (Å²) in [6.45, 7) is 6.29. The molecule has 3 atom stereocenters. The maximum Gasteiger partial charge on any atom is 0.306 e. The topological polar surface area (TPSA) is 113 Å². The number of rotatable bonds is 34. The van der Waals surface area contributed by atoms with Gasteiger partial charge < -0.3 is 24.8 Å². The zero-order chi connectivity index (χ0) is 34.1. The highest BCUT2D eigenvalue weighted by Gasteiger charge is 2.16. The Morgan fingerprint density at radius 2 is 1.11 bits per heavy atom. The molecule has 0 aliphatic heterocycles. The van der Waals surface area contributed by atoms with E-state index in [0.29, 0.717) is 25.7 Å². The number of aliphatic hydroxyl groups is 3. The van der Waals surface area contributed by atoms with E-state index in [4.69, 9.17) is 9.47 Å². The molecule has 46 heavy (non-hydrogen) atoms. The van der Waals surface area contributed by atoms with Crippen LogP contribution >= 0.6 is 0 Å². The molecular formula is C39H74O7. The fourth-order valence-corrected chi connectivity index (χ4v) is 5.58. The van der Waals surface area contributed by atoms with Crippen LogP contribution in [0.3, 0.4) is 0 Å². The number of hydrogen-bond acceptors (Lipinski definition) is 7. The van der Waals surface area contributed by atoms with Crippen molar-refractivity contribution >= 4 is 11.9 Å². The first-order valence-corrected chi connectivity index (χ1v) is 19.3. The van der Waals surface area contributed by atoms with Crippen LogP contribution in [0.15, 0.2) is 12.2 Å². The second kappa shape index (κ2) is 33.5. The highest BCUT2D eigenvalue weighted by Crippen LogP contribution is 2.16. The minimum Gasteiger partial charge on any atom is -0.462 e. The average Bonchev–Trinajstić information content (AvgIpc) is 3.03. The molecule has 3 N–H and O–H groups in total. The summed E-state index contributed by atoms with van der Waals surface area (Å²) in [7, 11) is 0. The Morgan fingerprint density at radius 3 is 1.63 bits per heavy atom. The quantitative estimate of drug-likeness (QED) is 0.0360. The third-order valence-electron chi connectivity index (χ3n) is 8.69. The molecule has 0 saturated carbocycles. The van der Waals surface area contributed by atoms with Gasteiger partial charge in [0.1, 0.15) is 6.61 Å². The van der Waals surface area contributed by atoms with Gasteiger partial charge in [-0.1, -0.05) is 148 Å². The van der Waals surface area contributed by atoms with Crippen LogP contribution in [0.4, 0.5) is 0 Å². The number of esters is 2. The van der Waals surface area contributed by atoms with Crippen molar-refractivity contribution in [2.75, 3.05) is 13.2 Å². The van der Waals surface area contributed by atoms with Crippen molar-refractivity contribution in [1.29, 1.82) is 0 Å². The Morgan fingerprint density at radius 1 is 0.609 bits per heavy atom. The first kappa shape index (κ1) is 44.6. The predicted molar refractivity (Wildman–Crippen MR) is 190 cm³/mol. The van der Waals surface area contributed by atoms with Gasteiger partial charge >= 0.3 is 11.9 Å². The normalized spacial score (nSPS) is 13.7. The maximum atomic E-state index is 12.2. The van der Waals surface area contributed by atoms with E-state index in [2.05, 4.69) is 26.8 Å². The minimum atomic E-state index is -0.815. The van der Waals surface area contributed by atoms with Gasteiger partial charge in [0.05, 0.1) is 18.8 Å². The summed E-state index contributed by atoms with van der Waals surface area (Å²) >= 11 is 0. The van der Waals surface area contributed by atoms with E-state index in [-0.39, 0.29) is 31.6 Å². The van der Waals surface area contributed by atoms with Crippen LogP contribution in [-0.2, 0) is 19.1 Å². The van der Waals surface area contributed by atoms with Gasteiger partial charge in [-0.25, -0.2) is 0 Å². The fourth-order valence-electron chi connectivity index (χ4n) is 5.58. The van der Waals surface area contributed by atoms with Crippen LogP contribution in [0.2, 0.25) is 0 Å². The second-order valence-electron chi connectivity index (χ2n) is 13.8. The summed E-state index contributed by atoms with van der Waals surface area (Å²) in [5.74, 6) is 0.133. The van der Waals surface area contributed by atoms with Gasteiger partial charge in [-0.15, -0.1) is 0 Å². The molecule has 0 rings (SSSR count). The average molecular weight is 655 g/mol. The van der Waals surface area contributed by atoms with Crippen molar-refractivity contribution in [3.63, 3.8) is 0 Å². The molecule has 0 heterocycles. The smallest absolute Gasteiger partial charge is 0.306 e. The Balaban J connectivity index is 3.67. The van der Waals surface area contributed by atoms with Gasteiger partial charge in [0, 0.05) is 12.8 Å². The summed E-state index contributed by atoms with van der Waals surface area (Å²) in [5, 5.41) is 29.8. The number of carbonyl (C=O) groups is 2. The zero-order valence-corrected chi connectivity index (χ0v) is 30.2. The van der Waals surface area contributed by atoms with Gasteiger partial charge in [-0.05, 0) is 44.4 Å². The Hall–Kier alpha value is -1.44. The third kappa shape index (κ3) is 31.2. The fraction of sp³-hybridized carbons (Fsp3) is 0.897. The highest BCUT2D eigenvalue weighted by atomic mass is 16.6. The van der Waals surface area contributed by atoms with Crippen LogP contribution in [0, 0.1) is 5.92 Å². The lowest BCUT2D eigenvalue weighted by atomic mass is 10.0. The molecule has 0 fully saturated rings. The molecule has 0 aliphatic carbocycles. The summed E-state index contributed by atoms with van der Waals surface area (Å²) in [6, 6.07) is 0. The Labute approximate surface area is 283 Å². The Bertz CT molecular complexity index is 708. The standard InChI is InChI=1S/C39H74O7/c1-4-5-6-7-18-23-28-36(41)37(42)29-24-19-16-21-25-30-38(43)45-33-35(32-40)46-39(44)31-26-20-15-13-11-9-8-10-12-14-17-22-27-34(2)3/h18,23,34-37,40-42H,4-17,19-22,24-33H2,1-3H3/b23-18-/t35-,36+,37+/m0/s1. The summed E-state index contributed by atoms with van der Waals surface area (Å²) in [5.41, 5.74) is 0. The summed E-state index contributed by atoms with van der Waals surface area (Å²) < 4.78 is 10.5. The van der Waals surface area contributed by atoms with E-state index < -0.39 is 18.3 Å². The van der Waals surface area contributed by atoms with Gasteiger partial charge in [0.15, 0.2) is 6.10 Å². The largest absolute Gasteiger partial charge is 0.462 e. The van der Waals surface area contributed by atoms with Crippen molar-refractivity contribution in [1.82, 2.24) is 0 Å². The molecular weight excluding hydrogens is 580 g/mol. The number of aliphatic hydroxyl groups excluding tert-OH is 3. The lowest BCUT2D eigenvalue weighted by Gasteiger charge is -2.16. The molecule has 0 aromatic carbocycles. The molecule has 0 spiro atoms. The lowest BCUT2D eigenvalue weighted by molar-refractivity contribution is -0.161. The van der Waals surface area contributed by atoms with Gasteiger partial charge in [-0.2, -0.15) is 0 Å².